The second-order valence-electron chi connectivity index (χ2n) is 5.06. The number of anilines is 2. The highest BCUT2D eigenvalue weighted by molar-refractivity contribution is 5.90. The van der Waals surface area contributed by atoms with Gasteiger partial charge in [-0.05, 0) is 49.8 Å². The summed E-state index contributed by atoms with van der Waals surface area (Å²) in [5.41, 5.74) is 2.97. The number of benzene rings is 2. The fraction of sp³-hybridized carbons (Fsp3) is 0.211. The lowest BCUT2D eigenvalue weighted by atomic mass is 10.2. The molecule has 2 rings (SSSR count). The zero-order valence-electron chi connectivity index (χ0n) is 13.6. The number of carbonyl (C=O) groups excluding carboxylic acids is 1. The third-order valence-corrected chi connectivity index (χ3v) is 3.54. The third-order valence-electron chi connectivity index (χ3n) is 3.54. The predicted molar refractivity (Wildman–Crippen MR) is 97.6 cm³/mol. The molecule has 2 N–H and O–H groups in total. The Labute approximate surface area is 137 Å². The molecule has 0 saturated heterocycles. The Hall–Kier alpha value is -2.75. The van der Waals surface area contributed by atoms with Gasteiger partial charge in [0.05, 0.1) is 0 Å². The second kappa shape index (κ2) is 8.63. The van der Waals surface area contributed by atoms with Crippen molar-refractivity contribution in [2.75, 3.05) is 23.3 Å². The maximum absolute atomic E-state index is 11.8. The van der Waals surface area contributed by atoms with Crippen LogP contribution in [0.5, 0.6) is 0 Å². The van der Waals surface area contributed by atoms with Crippen LogP contribution < -0.4 is 15.5 Å². The van der Waals surface area contributed by atoms with Crippen LogP contribution in [0, 0.1) is 0 Å². The van der Waals surface area contributed by atoms with Gasteiger partial charge in [0, 0.05) is 30.7 Å². The molecule has 0 spiro atoms. The summed E-state index contributed by atoms with van der Waals surface area (Å²) in [4.78, 5) is 14.1. The summed E-state index contributed by atoms with van der Waals surface area (Å²) in [6.07, 6.45) is 3.48. The minimum Gasteiger partial charge on any atom is -0.372 e. The summed E-state index contributed by atoms with van der Waals surface area (Å²) in [5.74, 6) is 0. The van der Waals surface area contributed by atoms with E-state index in [1.807, 2.05) is 60.7 Å². The van der Waals surface area contributed by atoms with Crippen molar-refractivity contribution in [1.82, 2.24) is 5.32 Å². The van der Waals surface area contributed by atoms with Crippen molar-refractivity contribution in [3.63, 3.8) is 0 Å². The van der Waals surface area contributed by atoms with Gasteiger partial charge in [0.25, 0.3) is 0 Å². The van der Waals surface area contributed by atoms with Crippen LogP contribution in [-0.4, -0.2) is 19.1 Å². The summed E-state index contributed by atoms with van der Waals surface area (Å²) in [6.45, 7) is 6.19. The SMILES string of the molecule is CCN(CC)c1ccc(NC(=O)N/C=C/c2ccccc2)cc1. The highest BCUT2D eigenvalue weighted by Gasteiger charge is 2.03. The maximum atomic E-state index is 11.8. The van der Waals surface area contributed by atoms with Gasteiger partial charge in [0.2, 0.25) is 0 Å². The van der Waals surface area contributed by atoms with Gasteiger partial charge >= 0.3 is 6.03 Å². The average Bonchev–Trinajstić information content (AvgIpc) is 2.58. The normalized spacial score (nSPS) is 10.5. The van der Waals surface area contributed by atoms with Gasteiger partial charge in [-0.25, -0.2) is 4.79 Å². The highest BCUT2D eigenvalue weighted by atomic mass is 16.2. The van der Waals surface area contributed by atoms with Gasteiger partial charge in [-0.3, -0.25) is 0 Å². The molecule has 0 heterocycles. The molecule has 0 aromatic heterocycles. The molecule has 0 radical (unpaired) electrons. The minimum atomic E-state index is -0.257. The first-order valence-corrected chi connectivity index (χ1v) is 7.87. The van der Waals surface area contributed by atoms with Crippen molar-refractivity contribution < 1.29 is 4.79 Å². The molecule has 0 atom stereocenters. The molecule has 2 aromatic carbocycles. The van der Waals surface area contributed by atoms with E-state index in [9.17, 15) is 4.79 Å². The summed E-state index contributed by atoms with van der Waals surface area (Å²) in [7, 11) is 0. The molecular formula is C19H23N3O. The Morgan fingerprint density at radius 3 is 2.26 bits per heavy atom. The first kappa shape index (κ1) is 16.6. The number of hydrogen-bond acceptors (Lipinski definition) is 2. The number of nitrogens with zero attached hydrogens (tertiary/aromatic N) is 1. The zero-order chi connectivity index (χ0) is 16.5. The van der Waals surface area contributed by atoms with Crippen LogP contribution in [0.1, 0.15) is 19.4 Å². The van der Waals surface area contributed by atoms with Crippen molar-refractivity contribution in [1.29, 1.82) is 0 Å². The molecule has 4 nitrogen and oxygen atoms in total. The van der Waals surface area contributed by atoms with Crippen molar-refractivity contribution in [3.8, 4) is 0 Å². The van der Waals surface area contributed by atoms with Crippen molar-refractivity contribution in [2.45, 2.75) is 13.8 Å². The Bertz CT molecular complexity index is 631. The average molecular weight is 309 g/mol. The van der Waals surface area contributed by atoms with Crippen LogP contribution in [0.15, 0.2) is 60.8 Å². The molecular weight excluding hydrogens is 286 g/mol. The lowest BCUT2D eigenvalue weighted by Crippen LogP contribution is -2.24. The Kier molecular flexibility index (Phi) is 6.24. The van der Waals surface area contributed by atoms with Crippen molar-refractivity contribution in [2.24, 2.45) is 0 Å². The largest absolute Gasteiger partial charge is 0.372 e. The van der Waals surface area contributed by atoms with Gasteiger partial charge in [-0.15, -0.1) is 0 Å². The van der Waals surface area contributed by atoms with Crippen LogP contribution in [-0.2, 0) is 0 Å². The third kappa shape index (κ3) is 5.18. The molecule has 0 aliphatic carbocycles. The fourth-order valence-corrected chi connectivity index (χ4v) is 2.29. The van der Waals surface area contributed by atoms with E-state index < -0.39 is 0 Å². The van der Waals surface area contributed by atoms with Crippen molar-refractivity contribution in [3.05, 3.63) is 66.4 Å². The van der Waals surface area contributed by atoms with Crippen LogP contribution in [0.2, 0.25) is 0 Å². The standard InChI is InChI=1S/C19H23N3O/c1-3-22(4-2)18-12-10-17(11-13-18)21-19(23)20-15-14-16-8-6-5-7-9-16/h5-15H,3-4H2,1-2H3,(H2,20,21,23)/b15-14+. The van der Waals surface area contributed by atoms with E-state index in [-0.39, 0.29) is 6.03 Å². The van der Waals surface area contributed by atoms with Crippen LogP contribution in [0.3, 0.4) is 0 Å². The molecule has 0 aliphatic heterocycles. The smallest absolute Gasteiger partial charge is 0.323 e. The summed E-state index contributed by atoms with van der Waals surface area (Å²) >= 11 is 0. The molecule has 0 saturated carbocycles. The Balaban J connectivity index is 1.86. The quantitative estimate of drug-likeness (QED) is 0.834. The van der Waals surface area contributed by atoms with Crippen LogP contribution >= 0.6 is 0 Å². The number of nitrogens with one attached hydrogen (secondary N) is 2. The van der Waals surface area contributed by atoms with Crippen LogP contribution in [0.4, 0.5) is 16.2 Å². The Morgan fingerprint density at radius 2 is 1.65 bits per heavy atom. The van der Waals surface area contributed by atoms with Gasteiger partial charge in [-0.1, -0.05) is 30.3 Å². The van der Waals surface area contributed by atoms with E-state index >= 15 is 0 Å². The van der Waals surface area contributed by atoms with Gasteiger partial charge in [0.15, 0.2) is 0 Å². The maximum Gasteiger partial charge on any atom is 0.323 e. The molecule has 120 valence electrons. The van der Waals surface area contributed by atoms with E-state index in [0.29, 0.717) is 0 Å². The summed E-state index contributed by atoms with van der Waals surface area (Å²) in [5, 5.41) is 5.51. The fourth-order valence-electron chi connectivity index (χ4n) is 2.29. The number of carbonyl (C=O) groups is 1. The van der Waals surface area contributed by atoms with Gasteiger partial charge < -0.3 is 15.5 Å². The number of hydrogen-bond donors (Lipinski definition) is 2. The first-order valence-electron chi connectivity index (χ1n) is 7.87. The van der Waals surface area contributed by atoms with E-state index in [1.165, 1.54) is 0 Å². The second-order valence-corrected chi connectivity index (χ2v) is 5.06. The molecule has 0 unspecified atom stereocenters. The van der Waals surface area contributed by atoms with E-state index in [4.69, 9.17) is 0 Å². The zero-order valence-corrected chi connectivity index (χ0v) is 13.6. The monoisotopic (exact) mass is 309 g/mol. The predicted octanol–water partition coefficient (Wildman–Crippen LogP) is 4.33. The summed E-state index contributed by atoms with van der Waals surface area (Å²) < 4.78 is 0. The molecule has 23 heavy (non-hydrogen) atoms. The number of rotatable bonds is 6. The summed E-state index contributed by atoms with van der Waals surface area (Å²) in [6, 6.07) is 17.4. The molecule has 4 heteroatoms. The molecule has 0 bridgehead atoms. The van der Waals surface area contributed by atoms with Crippen LogP contribution in [0.25, 0.3) is 6.08 Å². The molecule has 0 aliphatic rings. The molecule has 2 aromatic rings. The van der Waals surface area contributed by atoms with E-state index in [2.05, 4.69) is 29.4 Å². The highest BCUT2D eigenvalue weighted by Crippen LogP contribution is 2.17. The lowest BCUT2D eigenvalue weighted by molar-refractivity contribution is 0.255. The van der Waals surface area contributed by atoms with Gasteiger partial charge in [-0.2, -0.15) is 0 Å². The number of urea groups is 1. The molecule has 0 fully saturated rings. The Morgan fingerprint density at radius 1 is 1.00 bits per heavy atom. The van der Waals surface area contributed by atoms with E-state index in [1.54, 1.807) is 6.20 Å². The van der Waals surface area contributed by atoms with E-state index in [0.717, 1.165) is 30.0 Å². The topological polar surface area (TPSA) is 44.4 Å². The first-order chi connectivity index (χ1) is 11.2. The molecule has 2 amide bonds. The minimum absolute atomic E-state index is 0.257. The van der Waals surface area contributed by atoms with Gasteiger partial charge in [0.1, 0.15) is 0 Å². The lowest BCUT2D eigenvalue weighted by Gasteiger charge is -2.21. The number of amides is 2. The van der Waals surface area contributed by atoms with Crippen molar-refractivity contribution >= 4 is 23.5 Å².